The molecule has 7 heteroatoms. The quantitative estimate of drug-likeness (QED) is 0.365. The number of hydrogen-bond donors (Lipinski definition) is 2. The molecule has 3 aromatic heterocycles. The van der Waals surface area contributed by atoms with Crippen LogP contribution in [-0.2, 0) is 25.8 Å². The van der Waals surface area contributed by atoms with E-state index in [-0.39, 0.29) is 0 Å². The largest absolute Gasteiger partial charge is 0.361 e. The van der Waals surface area contributed by atoms with Crippen LogP contribution in [-0.4, -0.2) is 29.7 Å². The minimum Gasteiger partial charge on any atom is -0.361 e. The molecule has 2 aromatic carbocycles. The van der Waals surface area contributed by atoms with Gasteiger partial charge in [0.1, 0.15) is 11.6 Å². The van der Waals surface area contributed by atoms with Gasteiger partial charge in [0.25, 0.3) is 0 Å². The number of nitrogens with one attached hydrogen (secondary N) is 2. The van der Waals surface area contributed by atoms with Gasteiger partial charge in [0, 0.05) is 53.4 Å². The standard InChI is InChI=1S/C24H23ClN6/c25-19-9-7-17(8-10-19)12-23-29-30-24(31(23)11-3-4-20-15-26-16-28-20)13-18-14-27-22-6-2-1-5-21(18)22/h1-2,5-10,14-16,27H,3-4,11-13H2,(H,26,28). The Bertz CT molecular complexity index is 1270. The van der Waals surface area contributed by atoms with Crippen LogP contribution in [0.1, 0.15) is 34.9 Å². The van der Waals surface area contributed by atoms with E-state index in [1.807, 2.05) is 36.5 Å². The molecule has 0 saturated heterocycles. The van der Waals surface area contributed by atoms with Crippen molar-refractivity contribution in [2.45, 2.75) is 32.2 Å². The summed E-state index contributed by atoms with van der Waals surface area (Å²) in [5.74, 6) is 1.96. The molecule has 31 heavy (non-hydrogen) atoms. The number of aryl methyl sites for hydroxylation is 1. The lowest BCUT2D eigenvalue weighted by Gasteiger charge is -2.10. The minimum atomic E-state index is 0.724. The lowest BCUT2D eigenvalue weighted by Crippen LogP contribution is -2.10. The highest BCUT2D eigenvalue weighted by Gasteiger charge is 2.15. The SMILES string of the molecule is Clc1ccc(Cc2nnc(Cc3c[nH]c4ccccc34)n2CCCc2cnc[nH]2)cc1. The van der Waals surface area contributed by atoms with Crippen LogP contribution in [0.4, 0.5) is 0 Å². The molecule has 0 fully saturated rings. The number of aromatic nitrogens is 6. The Labute approximate surface area is 185 Å². The molecule has 0 unspecified atom stereocenters. The third-order valence-corrected chi connectivity index (χ3v) is 5.84. The first kappa shape index (κ1) is 19.6. The molecule has 0 atom stereocenters. The molecule has 0 radical (unpaired) electrons. The van der Waals surface area contributed by atoms with Gasteiger partial charge in [-0.1, -0.05) is 41.9 Å². The van der Waals surface area contributed by atoms with Gasteiger partial charge in [-0.25, -0.2) is 4.98 Å². The van der Waals surface area contributed by atoms with Crippen LogP contribution < -0.4 is 0 Å². The fourth-order valence-electron chi connectivity index (χ4n) is 3.97. The number of hydrogen-bond acceptors (Lipinski definition) is 3. The summed E-state index contributed by atoms with van der Waals surface area (Å²) in [6.45, 7) is 0.854. The Balaban J connectivity index is 1.41. The molecular formula is C24H23ClN6. The van der Waals surface area contributed by atoms with Gasteiger partial charge in [-0.2, -0.15) is 0 Å². The van der Waals surface area contributed by atoms with Crippen molar-refractivity contribution < 1.29 is 0 Å². The van der Waals surface area contributed by atoms with E-state index >= 15 is 0 Å². The fourth-order valence-corrected chi connectivity index (χ4v) is 4.10. The lowest BCUT2D eigenvalue weighted by atomic mass is 10.1. The molecule has 2 N–H and O–H groups in total. The van der Waals surface area contributed by atoms with E-state index in [0.717, 1.165) is 60.1 Å². The van der Waals surface area contributed by atoms with Gasteiger partial charge in [0.15, 0.2) is 0 Å². The highest BCUT2D eigenvalue weighted by atomic mass is 35.5. The first-order chi connectivity index (χ1) is 15.3. The Morgan fingerprint density at radius 1 is 0.903 bits per heavy atom. The zero-order chi connectivity index (χ0) is 21.0. The van der Waals surface area contributed by atoms with Crippen LogP contribution in [0.2, 0.25) is 5.02 Å². The summed E-state index contributed by atoms with van der Waals surface area (Å²) in [4.78, 5) is 10.7. The molecule has 5 aromatic rings. The van der Waals surface area contributed by atoms with Crippen molar-refractivity contribution in [2.75, 3.05) is 0 Å². The van der Waals surface area contributed by atoms with E-state index in [1.54, 1.807) is 6.33 Å². The van der Waals surface area contributed by atoms with E-state index in [1.165, 1.54) is 16.5 Å². The van der Waals surface area contributed by atoms with Gasteiger partial charge in [0.2, 0.25) is 0 Å². The highest BCUT2D eigenvalue weighted by Crippen LogP contribution is 2.22. The molecule has 0 amide bonds. The Hall–Kier alpha value is -3.38. The third-order valence-electron chi connectivity index (χ3n) is 5.59. The van der Waals surface area contributed by atoms with Gasteiger partial charge in [0.05, 0.1) is 6.33 Å². The molecule has 0 bridgehead atoms. The van der Waals surface area contributed by atoms with Crippen molar-refractivity contribution in [1.29, 1.82) is 0 Å². The second-order valence-corrected chi connectivity index (χ2v) is 8.14. The summed E-state index contributed by atoms with van der Waals surface area (Å²) in [7, 11) is 0. The zero-order valence-electron chi connectivity index (χ0n) is 17.1. The van der Waals surface area contributed by atoms with Crippen LogP contribution in [0, 0.1) is 0 Å². The summed E-state index contributed by atoms with van der Waals surface area (Å²) < 4.78 is 2.27. The van der Waals surface area contributed by atoms with Crippen molar-refractivity contribution in [2.24, 2.45) is 0 Å². The molecule has 5 rings (SSSR count). The molecule has 0 spiro atoms. The predicted octanol–water partition coefficient (Wildman–Crippen LogP) is 4.95. The van der Waals surface area contributed by atoms with Crippen LogP contribution in [0.15, 0.2) is 67.3 Å². The number of rotatable bonds is 8. The number of fused-ring (bicyclic) bond motifs is 1. The number of aromatic amines is 2. The van der Waals surface area contributed by atoms with Crippen LogP contribution in [0.5, 0.6) is 0 Å². The van der Waals surface area contributed by atoms with E-state index in [9.17, 15) is 0 Å². The number of H-pyrrole nitrogens is 2. The van der Waals surface area contributed by atoms with E-state index in [4.69, 9.17) is 11.6 Å². The molecule has 0 aliphatic heterocycles. The second-order valence-electron chi connectivity index (χ2n) is 7.70. The van der Waals surface area contributed by atoms with Crippen molar-refractivity contribution in [1.82, 2.24) is 29.7 Å². The Kier molecular flexibility index (Phi) is 5.54. The summed E-state index contributed by atoms with van der Waals surface area (Å²) >= 11 is 6.05. The highest BCUT2D eigenvalue weighted by molar-refractivity contribution is 6.30. The average Bonchev–Trinajstić information content (AvgIpc) is 3.53. The number of nitrogens with zero attached hydrogens (tertiary/aromatic N) is 4. The first-order valence-electron chi connectivity index (χ1n) is 10.4. The fraction of sp³-hybridized carbons (Fsp3) is 0.208. The van der Waals surface area contributed by atoms with Gasteiger partial charge in [-0.3, -0.25) is 0 Å². The number of halogens is 1. The van der Waals surface area contributed by atoms with Gasteiger partial charge < -0.3 is 14.5 Å². The van der Waals surface area contributed by atoms with Crippen LogP contribution >= 0.6 is 11.6 Å². The maximum absolute atomic E-state index is 6.05. The summed E-state index contributed by atoms with van der Waals surface area (Å²) in [6, 6.07) is 16.3. The summed E-state index contributed by atoms with van der Waals surface area (Å²) in [6.07, 6.45) is 9.06. The average molecular weight is 431 g/mol. The Morgan fingerprint density at radius 3 is 2.52 bits per heavy atom. The van der Waals surface area contributed by atoms with Crippen molar-refractivity contribution >= 4 is 22.5 Å². The topological polar surface area (TPSA) is 75.2 Å². The monoisotopic (exact) mass is 430 g/mol. The van der Waals surface area contributed by atoms with Crippen LogP contribution in [0.3, 0.4) is 0 Å². The number of benzene rings is 2. The minimum absolute atomic E-state index is 0.724. The predicted molar refractivity (Wildman–Crippen MR) is 122 cm³/mol. The molecule has 0 saturated carbocycles. The Morgan fingerprint density at radius 2 is 1.71 bits per heavy atom. The molecular weight excluding hydrogens is 408 g/mol. The van der Waals surface area contributed by atoms with Crippen LogP contribution in [0.25, 0.3) is 10.9 Å². The molecule has 6 nitrogen and oxygen atoms in total. The van der Waals surface area contributed by atoms with Crippen molar-refractivity contribution in [3.05, 3.63) is 101 Å². The van der Waals surface area contributed by atoms with Gasteiger partial charge in [-0.05, 0) is 42.2 Å². The van der Waals surface area contributed by atoms with Gasteiger partial charge in [-0.15, -0.1) is 10.2 Å². The van der Waals surface area contributed by atoms with Crippen molar-refractivity contribution in [3.63, 3.8) is 0 Å². The van der Waals surface area contributed by atoms with E-state index in [0.29, 0.717) is 0 Å². The lowest BCUT2D eigenvalue weighted by molar-refractivity contribution is 0.593. The van der Waals surface area contributed by atoms with E-state index < -0.39 is 0 Å². The molecule has 156 valence electrons. The number of para-hydroxylation sites is 1. The molecule has 3 heterocycles. The molecule has 0 aliphatic rings. The second kappa shape index (κ2) is 8.78. The first-order valence-corrected chi connectivity index (χ1v) is 10.8. The zero-order valence-corrected chi connectivity index (χ0v) is 17.8. The maximum atomic E-state index is 6.05. The third kappa shape index (κ3) is 4.39. The van der Waals surface area contributed by atoms with Gasteiger partial charge >= 0.3 is 0 Å². The summed E-state index contributed by atoms with van der Waals surface area (Å²) in [5.41, 5.74) is 4.69. The molecule has 0 aliphatic carbocycles. The summed E-state index contributed by atoms with van der Waals surface area (Å²) in [5, 5.41) is 11.1. The maximum Gasteiger partial charge on any atom is 0.137 e. The normalized spacial score (nSPS) is 11.4. The smallest absolute Gasteiger partial charge is 0.137 e. The van der Waals surface area contributed by atoms with E-state index in [2.05, 4.69) is 54.1 Å². The van der Waals surface area contributed by atoms with Crippen molar-refractivity contribution in [3.8, 4) is 0 Å². The number of imidazole rings is 1.